The fourth-order valence-electron chi connectivity index (χ4n) is 1.99. The third-order valence-corrected chi connectivity index (χ3v) is 3.18. The molecule has 3 rings (SSSR count). The number of carbonyl (C=O) groups excluding carboxylic acids is 1. The molecular formula is C16H14N6O2. The summed E-state index contributed by atoms with van der Waals surface area (Å²) in [6.45, 7) is 0. The molecule has 1 heterocycles. The van der Waals surface area contributed by atoms with Gasteiger partial charge >= 0.3 is 5.97 Å². The lowest BCUT2D eigenvalue weighted by Crippen LogP contribution is -2.03. The zero-order valence-electron chi connectivity index (χ0n) is 12.8. The second-order valence-corrected chi connectivity index (χ2v) is 4.73. The average molecular weight is 322 g/mol. The van der Waals surface area contributed by atoms with Gasteiger partial charge in [0.1, 0.15) is 0 Å². The van der Waals surface area contributed by atoms with Crippen LogP contribution in [0.3, 0.4) is 0 Å². The van der Waals surface area contributed by atoms with Gasteiger partial charge in [0.15, 0.2) is 0 Å². The Balaban J connectivity index is 1.69. The van der Waals surface area contributed by atoms with Gasteiger partial charge in [0, 0.05) is 0 Å². The van der Waals surface area contributed by atoms with Gasteiger partial charge in [0.05, 0.1) is 24.6 Å². The Bertz CT molecular complexity index is 843. The Morgan fingerprint density at radius 1 is 1.17 bits per heavy atom. The second kappa shape index (κ2) is 7.14. The van der Waals surface area contributed by atoms with Gasteiger partial charge in [0.2, 0.25) is 0 Å². The smallest absolute Gasteiger partial charge is 0.337 e. The minimum Gasteiger partial charge on any atom is -0.465 e. The summed E-state index contributed by atoms with van der Waals surface area (Å²) in [5, 5.41) is 15.6. The molecule has 0 atom stereocenters. The number of benzene rings is 2. The van der Waals surface area contributed by atoms with Crippen LogP contribution in [0.25, 0.3) is 5.69 Å². The van der Waals surface area contributed by atoms with E-state index in [1.807, 2.05) is 30.3 Å². The van der Waals surface area contributed by atoms with Gasteiger partial charge in [-0.2, -0.15) is 9.78 Å². The summed E-state index contributed by atoms with van der Waals surface area (Å²) >= 11 is 0. The second-order valence-electron chi connectivity index (χ2n) is 4.73. The molecule has 0 spiro atoms. The molecule has 0 amide bonds. The third kappa shape index (κ3) is 3.43. The molecule has 0 radical (unpaired) electrons. The number of carbonyl (C=O) groups is 1. The van der Waals surface area contributed by atoms with E-state index in [0.29, 0.717) is 11.5 Å². The highest BCUT2D eigenvalue weighted by Crippen LogP contribution is 2.10. The molecule has 0 aliphatic rings. The molecule has 2 aromatic carbocycles. The minimum absolute atomic E-state index is 0.376. The van der Waals surface area contributed by atoms with E-state index < -0.39 is 0 Å². The van der Waals surface area contributed by atoms with E-state index in [1.165, 1.54) is 11.8 Å². The van der Waals surface area contributed by atoms with Crippen molar-refractivity contribution in [3.63, 3.8) is 0 Å². The first-order valence-electron chi connectivity index (χ1n) is 7.09. The van der Waals surface area contributed by atoms with Gasteiger partial charge in [-0.1, -0.05) is 35.4 Å². The van der Waals surface area contributed by atoms with Crippen LogP contribution in [0.1, 0.15) is 15.9 Å². The van der Waals surface area contributed by atoms with E-state index in [2.05, 4.69) is 30.8 Å². The lowest BCUT2D eigenvalue weighted by atomic mass is 10.1. The maximum absolute atomic E-state index is 11.4. The van der Waals surface area contributed by atoms with Crippen LogP contribution < -0.4 is 5.43 Å². The lowest BCUT2D eigenvalue weighted by Gasteiger charge is -2.03. The van der Waals surface area contributed by atoms with Crippen molar-refractivity contribution in [1.29, 1.82) is 0 Å². The molecule has 0 aliphatic carbocycles. The number of anilines is 1. The number of hydrogen-bond acceptors (Lipinski definition) is 7. The number of methoxy groups -OCH3 is 1. The quantitative estimate of drug-likeness (QED) is 0.438. The molecule has 0 saturated heterocycles. The normalized spacial score (nSPS) is 10.7. The van der Waals surface area contributed by atoms with E-state index in [0.717, 1.165) is 11.3 Å². The Morgan fingerprint density at radius 3 is 2.62 bits per heavy atom. The van der Waals surface area contributed by atoms with Crippen molar-refractivity contribution in [3.8, 4) is 5.69 Å². The fraction of sp³-hybridized carbons (Fsp3) is 0.0625. The predicted molar refractivity (Wildman–Crippen MR) is 88.2 cm³/mol. The van der Waals surface area contributed by atoms with Crippen LogP contribution in [0.2, 0.25) is 0 Å². The zero-order chi connectivity index (χ0) is 16.8. The van der Waals surface area contributed by atoms with Crippen molar-refractivity contribution in [2.45, 2.75) is 0 Å². The first-order valence-corrected chi connectivity index (χ1v) is 7.09. The summed E-state index contributed by atoms with van der Waals surface area (Å²) in [5.41, 5.74) is 4.91. The summed E-state index contributed by atoms with van der Waals surface area (Å²) in [6.07, 6.45) is 1.60. The van der Waals surface area contributed by atoms with Crippen molar-refractivity contribution in [2.75, 3.05) is 12.5 Å². The van der Waals surface area contributed by atoms with Gasteiger partial charge in [-0.3, -0.25) is 0 Å². The van der Waals surface area contributed by atoms with Gasteiger partial charge in [-0.25, -0.2) is 10.2 Å². The molecule has 24 heavy (non-hydrogen) atoms. The van der Waals surface area contributed by atoms with Crippen LogP contribution in [0, 0.1) is 0 Å². The molecule has 0 fully saturated rings. The van der Waals surface area contributed by atoms with E-state index in [9.17, 15) is 4.79 Å². The predicted octanol–water partition coefficient (Wildman–Crippen LogP) is 1.89. The van der Waals surface area contributed by atoms with Crippen LogP contribution in [0.4, 0.5) is 5.95 Å². The van der Waals surface area contributed by atoms with Crippen LogP contribution >= 0.6 is 0 Å². The Kier molecular flexibility index (Phi) is 4.57. The van der Waals surface area contributed by atoms with Gasteiger partial charge in [-0.05, 0) is 40.3 Å². The largest absolute Gasteiger partial charge is 0.465 e. The topological polar surface area (TPSA) is 94.3 Å². The van der Waals surface area contributed by atoms with Gasteiger partial charge < -0.3 is 4.74 Å². The van der Waals surface area contributed by atoms with E-state index in [4.69, 9.17) is 0 Å². The van der Waals surface area contributed by atoms with E-state index in [-0.39, 0.29) is 5.97 Å². The van der Waals surface area contributed by atoms with Crippen molar-refractivity contribution in [2.24, 2.45) is 5.10 Å². The Hall–Kier alpha value is -3.55. The highest BCUT2D eigenvalue weighted by Gasteiger charge is 2.06. The number of para-hydroxylation sites is 1. The summed E-state index contributed by atoms with van der Waals surface area (Å²) in [5.74, 6) is 0.0160. The van der Waals surface area contributed by atoms with E-state index >= 15 is 0 Å². The molecule has 1 aromatic heterocycles. The van der Waals surface area contributed by atoms with Crippen molar-refractivity contribution in [3.05, 3.63) is 65.7 Å². The highest BCUT2D eigenvalue weighted by molar-refractivity contribution is 5.90. The van der Waals surface area contributed by atoms with Crippen LogP contribution in [-0.2, 0) is 4.74 Å². The standard InChI is InChI=1S/C16H14N6O2/c1-24-15(23)13-9-7-12(8-10-13)11-17-18-16-19-20-21-22(16)14-5-3-2-4-6-14/h2-11H,1H3,(H,18,19,21)/b17-11+. The van der Waals surface area contributed by atoms with Crippen LogP contribution in [-0.4, -0.2) is 39.5 Å². The summed E-state index contributed by atoms with van der Waals surface area (Å²) in [7, 11) is 1.35. The molecule has 0 bridgehead atoms. The van der Waals surface area contributed by atoms with Crippen molar-refractivity contribution >= 4 is 18.1 Å². The molecule has 3 aromatic rings. The summed E-state index contributed by atoms with van der Waals surface area (Å²) in [6, 6.07) is 16.3. The first kappa shape index (κ1) is 15.3. The maximum atomic E-state index is 11.4. The van der Waals surface area contributed by atoms with Crippen LogP contribution in [0.15, 0.2) is 59.7 Å². The number of nitrogens with one attached hydrogen (secondary N) is 1. The molecule has 1 N–H and O–H groups in total. The number of tetrazole rings is 1. The number of aromatic nitrogens is 4. The third-order valence-electron chi connectivity index (χ3n) is 3.18. The molecule has 0 unspecified atom stereocenters. The first-order chi connectivity index (χ1) is 11.8. The SMILES string of the molecule is COC(=O)c1ccc(/C=N/Nc2nnnn2-c2ccccc2)cc1. The van der Waals surface area contributed by atoms with Gasteiger partial charge in [0.25, 0.3) is 5.95 Å². The van der Waals surface area contributed by atoms with Gasteiger partial charge in [-0.15, -0.1) is 0 Å². The number of rotatable bonds is 5. The molecule has 120 valence electrons. The average Bonchev–Trinajstić information content (AvgIpc) is 3.11. The Morgan fingerprint density at radius 2 is 1.92 bits per heavy atom. The molecule has 0 aliphatic heterocycles. The molecular weight excluding hydrogens is 308 g/mol. The Labute approximate surface area is 137 Å². The van der Waals surface area contributed by atoms with E-state index in [1.54, 1.807) is 30.5 Å². The summed E-state index contributed by atoms with van der Waals surface area (Å²) in [4.78, 5) is 11.4. The molecule has 0 saturated carbocycles. The monoisotopic (exact) mass is 322 g/mol. The lowest BCUT2D eigenvalue weighted by molar-refractivity contribution is 0.0600. The fourth-order valence-corrected chi connectivity index (χ4v) is 1.99. The minimum atomic E-state index is -0.376. The number of ether oxygens (including phenoxy) is 1. The summed E-state index contributed by atoms with van der Waals surface area (Å²) < 4.78 is 6.19. The number of hydrogen-bond donors (Lipinski definition) is 1. The number of hydrazone groups is 1. The molecule has 8 nitrogen and oxygen atoms in total. The number of nitrogens with zero attached hydrogens (tertiary/aromatic N) is 5. The number of esters is 1. The van der Waals surface area contributed by atoms with Crippen molar-refractivity contribution < 1.29 is 9.53 Å². The van der Waals surface area contributed by atoms with Crippen molar-refractivity contribution in [1.82, 2.24) is 20.2 Å². The maximum Gasteiger partial charge on any atom is 0.337 e. The van der Waals surface area contributed by atoms with Crippen LogP contribution in [0.5, 0.6) is 0 Å². The zero-order valence-corrected chi connectivity index (χ0v) is 12.8. The molecule has 8 heteroatoms. The highest BCUT2D eigenvalue weighted by atomic mass is 16.5.